The summed E-state index contributed by atoms with van der Waals surface area (Å²) in [6.45, 7) is 5.30. The van der Waals surface area contributed by atoms with E-state index in [2.05, 4.69) is 17.3 Å². The second-order valence-electron chi connectivity index (χ2n) is 6.65. The van der Waals surface area contributed by atoms with Gasteiger partial charge in [-0.05, 0) is 18.6 Å². The zero-order chi connectivity index (χ0) is 19.1. The van der Waals surface area contributed by atoms with Crippen LogP contribution in [0.4, 0.5) is 5.69 Å². The molecular formula is C19H29IN6O2. The lowest BCUT2D eigenvalue weighted by atomic mass is 10.3. The highest BCUT2D eigenvalue weighted by atomic mass is 127. The summed E-state index contributed by atoms with van der Waals surface area (Å²) in [6, 6.07) is 3.85. The fourth-order valence-corrected chi connectivity index (χ4v) is 3.04. The van der Waals surface area contributed by atoms with Crippen LogP contribution in [-0.4, -0.2) is 59.3 Å². The molecule has 0 atom stereocenters. The van der Waals surface area contributed by atoms with Gasteiger partial charge in [0.25, 0.3) is 0 Å². The third-order valence-corrected chi connectivity index (χ3v) is 4.53. The largest absolute Gasteiger partial charge is 0.469 e. The standard InChI is InChI=1S/C19H28N6O2.HI/c1-3-4-8-20-19(21-9-7-17-6-5-12-27-17)24-10-11-25(18(26)15-24)16-13-22-23(2)14-16;/h5-6,12-14H,3-4,7-11,15H2,1-2H3,(H,20,21);1H. The highest BCUT2D eigenvalue weighted by Gasteiger charge is 2.27. The second kappa shape index (κ2) is 11.1. The molecule has 1 saturated heterocycles. The number of furan rings is 1. The molecule has 1 aliphatic heterocycles. The van der Waals surface area contributed by atoms with Gasteiger partial charge in [0.1, 0.15) is 12.3 Å². The Morgan fingerprint density at radius 3 is 2.89 bits per heavy atom. The number of carbonyl (C=O) groups is 1. The van der Waals surface area contributed by atoms with Gasteiger partial charge in [-0.3, -0.25) is 14.5 Å². The van der Waals surface area contributed by atoms with E-state index in [9.17, 15) is 4.79 Å². The predicted octanol–water partition coefficient (Wildman–Crippen LogP) is 2.27. The van der Waals surface area contributed by atoms with Crippen molar-refractivity contribution in [3.8, 4) is 0 Å². The molecule has 0 radical (unpaired) electrons. The van der Waals surface area contributed by atoms with Crippen LogP contribution in [0.3, 0.4) is 0 Å². The van der Waals surface area contributed by atoms with Crippen LogP contribution in [-0.2, 0) is 18.3 Å². The van der Waals surface area contributed by atoms with Crippen molar-refractivity contribution in [2.45, 2.75) is 26.2 Å². The van der Waals surface area contributed by atoms with E-state index in [1.54, 1.807) is 22.0 Å². The monoisotopic (exact) mass is 500 g/mol. The SMILES string of the molecule is CCCCN=C(NCCc1ccco1)N1CCN(c2cnn(C)c2)C(=O)C1.I. The van der Waals surface area contributed by atoms with Gasteiger partial charge in [0.2, 0.25) is 5.91 Å². The molecule has 8 nitrogen and oxygen atoms in total. The maximum absolute atomic E-state index is 12.7. The van der Waals surface area contributed by atoms with Crippen LogP contribution in [0.1, 0.15) is 25.5 Å². The zero-order valence-electron chi connectivity index (χ0n) is 16.5. The number of aliphatic imine (C=N–C) groups is 1. The maximum Gasteiger partial charge on any atom is 0.246 e. The topological polar surface area (TPSA) is 78.9 Å². The molecule has 1 aliphatic rings. The number of carbonyl (C=O) groups excluding carboxylic acids is 1. The molecule has 9 heteroatoms. The van der Waals surface area contributed by atoms with Gasteiger partial charge >= 0.3 is 0 Å². The van der Waals surface area contributed by atoms with Crippen molar-refractivity contribution in [3.05, 3.63) is 36.5 Å². The number of amides is 1. The van der Waals surface area contributed by atoms with Crippen LogP contribution in [0.2, 0.25) is 0 Å². The minimum atomic E-state index is 0. The van der Waals surface area contributed by atoms with E-state index in [-0.39, 0.29) is 29.9 Å². The molecule has 1 fully saturated rings. The lowest BCUT2D eigenvalue weighted by Crippen LogP contribution is -2.55. The number of halogens is 1. The molecule has 0 spiro atoms. The normalized spacial score (nSPS) is 14.9. The first-order valence-electron chi connectivity index (χ1n) is 9.52. The van der Waals surface area contributed by atoms with Crippen LogP contribution in [0.15, 0.2) is 40.2 Å². The summed E-state index contributed by atoms with van der Waals surface area (Å²) in [5.74, 6) is 1.80. The third-order valence-electron chi connectivity index (χ3n) is 4.53. The average Bonchev–Trinajstić information content (AvgIpc) is 3.32. The Morgan fingerprint density at radius 1 is 1.39 bits per heavy atom. The Bertz CT molecular complexity index is 758. The van der Waals surface area contributed by atoms with E-state index in [0.717, 1.165) is 56.3 Å². The van der Waals surface area contributed by atoms with E-state index in [0.29, 0.717) is 13.1 Å². The predicted molar refractivity (Wildman–Crippen MR) is 120 cm³/mol. The Labute approximate surface area is 183 Å². The van der Waals surface area contributed by atoms with Gasteiger partial charge in [0.05, 0.1) is 18.1 Å². The van der Waals surface area contributed by atoms with E-state index >= 15 is 0 Å². The summed E-state index contributed by atoms with van der Waals surface area (Å²) < 4.78 is 7.09. The number of aromatic nitrogens is 2. The summed E-state index contributed by atoms with van der Waals surface area (Å²) in [5, 5.41) is 7.55. The maximum atomic E-state index is 12.7. The summed E-state index contributed by atoms with van der Waals surface area (Å²) in [6.07, 6.45) is 8.19. The first-order valence-corrected chi connectivity index (χ1v) is 9.52. The molecule has 2 aromatic rings. The molecular weight excluding hydrogens is 471 g/mol. The molecule has 0 aromatic carbocycles. The van der Waals surface area contributed by atoms with Gasteiger partial charge < -0.3 is 19.5 Å². The molecule has 0 aliphatic carbocycles. The third kappa shape index (κ3) is 5.98. The van der Waals surface area contributed by atoms with Crippen LogP contribution < -0.4 is 10.2 Å². The minimum absolute atomic E-state index is 0. The van der Waals surface area contributed by atoms with Crippen molar-refractivity contribution in [3.63, 3.8) is 0 Å². The molecule has 2 aromatic heterocycles. The van der Waals surface area contributed by atoms with Crippen LogP contribution in [0.25, 0.3) is 0 Å². The number of aryl methyl sites for hydroxylation is 1. The Morgan fingerprint density at radius 2 is 2.25 bits per heavy atom. The molecule has 1 amide bonds. The Hall–Kier alpha value is -2.04. The van der Waals surface area contributed by atoms with Gasteiger partial charge in [-0.25, -0.2) is 0 Å². The number of rotatable bonds is 7. The number of hydrogen-bond donors (Lipinski definition) is 1. The van der Waals surface area contributed by atoms with Gasteiger partial charge in [-0.15, -0.1) is 24.0 Å². The van der Waals surface area contributed by atoms with Gasteiger partial charge in [0.15, 0.2) is 5.96 Å². The zero-order valence-corrected chi connectivity index (χ0v) is 18.8. The lowest BCUT2D eigenvalue weighted by Gasteiger charge is -2.35. The Balaban J connectivity index is 0.00000280. The number of anilines is 1. The highest BCUT2D eigenvalue weighted by Crippen LogP contribution is 2.16. The van der Waals surface area contributed by atoms with Crippen molar-refractivity contribution in [2.75, 3.05) is 37.6 Å². The molecule has 3 heterocycles. The van der Waals surface area contributed by atoms with E-state index < -0.39 is 0 Å². The molecule has 1 N–H and O–H groups in total. The average molecular weight is 500 g/mol. The summed E-state index contributed by atoms with van der Waals surface area (Å²) in [4.78, 5) is 21.2. The van der Waals surface area contributed by atoms with E-state index in [1.807, 2.05) is 30.3 Å². The second-order valence-corrected chi connectivity index (χ2v) is 6.65. The number of piperazine rings is 1. The fraction of sp³-hybridized carbons (Fsp3) is 0.526. The van der Waals surface area contributed by atoms with Crippen molar-refractivity contribution in [1.29, 1.82) is 0 Å². The first-order chi connectivity index (χ1) is 13.2. The van der Waals surface area contributed by atoms with E-state index in [1.165, 1.54) is 0 Å². The fourth-order valence-electron chi connectivity index (χ4n) is 3.04. The smallest absolute Gasteiger partial charge is 0.246 e. The van der Waals surface area contributed by atoms with Crippen LogP contribution >= 0.6 is 24.0 Å². The number of nitrogens with one attached hydrogen (secondary N) is 1. The number of nitrogens with zero attached hydrogens (tertiary/aromatic N) is 5. The molecule has 0 saturated carbocycles. The van der Waals surface area contributed by atoms with Crippen molar-refractivity contribution in [2.24, 2.45) is 12.0 Å². The van der Waals surface area contributed by atoms with Gasteiger partial charge in [-0.1, -0.05) is 13.3 Å². The Kier molecular flexibility index (Phi) is 8.81. The molecule has 0 unspecified atom stereocenters. The number of hydrogen-bond acceptors (Lipinski definition) is 4. The molecule has 3 rings (SSSR count). The van der Waals surface area contributed by atoms with Crippen molar-refractivity contribution < 1.29 is 9.21 Å². The first kappa shape index (κ1) is 22.3. The highest BCUT2D eigenvalue weighted by molar-refractivity contribution is 14.0. The van der Waals surface area contributed by atoms with Crippen LogP contribution in [0, 0.1) is 0 Å². The minimum Gasteiger partial charge on any atom is -0.469 e. The number of guanidine groups is 1. The quantitative estimate of drug-likeness (QED) is 0.273. The summed E-state index contributed by atoms with van der Waals surface area (Å²) in [7, 11) is 1.85. The molecule has 0 bridgehead atoms. The van der Waals surface area contributed by atoms with Crippen molar-refractivity contribution in [1.82, 2.24) is 20.0 Å². The van der Waals surface area contributed by atoms with E-state index in [4.69, 9.17) is 9.41 Å². The summed E-state index contributed by atoms with van der Waals surface area (Å²) >= 11 is 0. The van der Waals surface area contributed by atoms with Crippen molar-refractivity contribution >= 4 is 41.5 Å². The number of unbranched alkanes of at least 4 members (excludes halogenated alkanes) is 1. The summed E-state index contributed by atoms with van der Waals surface area (Å²) in [5.41, 5.74) is 0.845. The van der Waals surface area contributed by atoms with Gasteiger partial charge in [0, 0.05) is 45.8 Å². The van der Waals surface area contributed by atoms with Gasteiger partial charge in [-0.2, -0.15) is 5.10 Å². The molecule has 28 heavy (non-hydrogen) atoms. The van der Waals surface area contributed by atoms with Crippen LogP contribution in [0.5, 0.6) is 0 Å². The molecule has 154 valence electrons. The lowest BCUT2D eigenvalue weighted by molar-refractivity contribution is -0.120.